The van der Waals surface area contributed by atoms with Gasteiger partial charge in [0.2, 0.25) is 5.91 Å². The standard InChI is InChI=1S/C14H29N3O/c1-4-14(3)7-10-17(11-8-14)9-6-12(13(15)18)16-5-2/h12,16H,4-11H2,1-3H3,(H2,15,18). The zero-order valence-corrected chi connectivity index (χ0v) is 12.2. The molecule has 0 aromatic rings. The molecule has 0 saturated carbocycles. The summed E-state index contributed by atoms with van der Waals surface area (Å²) in [6.07, 6.45) is 4.63. The molecule has 0 aromatic carbocycles. The number of rotatable bonds is 7. The second-order valence-corrected chi connectivity index (χ2v) is 5.81. The molecule has 1 aliphatic heterocycles. The van der Waals surface area contributed by atoms with Gasteiger partial charge in [0, 0.05) is 6.54 Å². The van der Waals surface area contributed by atoms with Crippen molar-refractivity contribution in [1.82, 2.24) is 10.2 Å². The van der Waals surface area contributed by atoms with Crippen molar-refractivity contribution >= 4 is 5.91 Å². The molecular formula is C14H29N3O. The average molecular weight is 255 g/mol. The van der Waals surface area contributed by atoms with E-state index < -0.39 is 0 Å². The first-order chi connectivity index (χ1) is 8.50. The number of hydrogen-bond acceptors (Lipinski definition) is 3. The number of nitrogens with zero attached hydrogens (tertiary/aromatic N) is 1. The Hall–Kier alpha value is -0.610. The van der Waals surface area contributed by atoms with Crippen LogP contribution in [0.5, 0.6) is 0 Å². The van der Waals surface area contributed by atoms with Crippen LogP contribution < -0.4 is 11.1 Å². The molecule has 106 valence electrons. The van der Waals surface area contributed by atoms with Crippen LogP contribution >= 0.6 is 0 Å². The first-order valence-corrected chi connectivity index (χ1v) is 7.26. The van der Waals surface area contributed by atoms with Crippen LogP contribution in [-0.4, -0.2) is 43.0 Å². The molecule has 3 N–H and O–H groups in total. The van der Waals surface area contributed by atoms with Gasteiger partial charge in [0.15, 0.2) is 0 Å². The maximum atomic E-state index is 11.3. The number of likely N-dealkylation sites (N-methyl/N-ethyl adjacent to an activating group) is 1. The van der Waals surface area contributed by atoms with Crippen LogP contribution in [-0.2, 0) is 4.79 Å². The van der Waals surface area contributed by atoms with Crippen LogP contribution in [0.4, 0.5) is 0 Å². The number of hydrogen-bond donors (Lipinski definition) is 2. The summed E-state index contributed by atoms with van der Waals surface area (Å²) in [7, 11) is 0. The molecule has 1 amide bonds. The van der Waals surface area contributed by atoms with E-state index in [1.165, 1.54) is 19.3 Å². The van der Waals surface area contributed by atoms with Crippen LogP contribution in [0.2, 0.25) is 0 Å². The highest BCUT2D eigenvalue weighted by Crippen LogP contribution is 2.33. The smallest absolute Gasteiger partial charge is 0.234 e. The maximum Gasteiger partial charge on any atom is 0.234 e. The highest BCUT2D eigenvalue weighted by molar-refractivity contribution is 5.79. The molecule has 18 heavy (non-hydrogen) atoms. The van der Waals surface area contributed by atoms with E-state index in [1.54, 1.807) is 0 Å². The zero-order chi connectivity index (χ0) is 13.6. The lowest BCUT2D eigenvalue weighted by Crippen LogP contribution is -2.45. The van der Waals surface area contributed by atoms with Gasteiger partial charge < -0.3 is 16.0 Å². The summed E-state index contributed by atoms with van der Waals surface area (Å²) < 4.78 is 0. The average Bonchev–Trinajstić information content (AvgIpc) is 2.36. The molecule has 4 nitrogen and oxygen atoms in total. The summed E-state index contributed by atoms with van der Waals surface area (Å²) in [5, 5.41) is 3.15. The van der Waals surface area contributed by atoms with Crippen molar-refractivity contribution in [2.24, 2.45) is 11.1 Å². The van der Waals surface area contributed by atoms with Gasteiger partial charge in [-0.25, -0.2) is 0 Å². The first-order valence-electron chi connectivity index (χ1n) is 7.26. The summed E-state index contributed by atoms with van der Waals surface area (Å²) in [5.41, 5.74) is 5.91. The molecule has 1 heterocycles. The predicted molar refractivity (Wildman–Crippen MR) is 75.3 cm³/mol. The Morgan fingerprint density at radius 2 is 2.00 bits per heavy atom. The number of carbonyl (C=O) groups is 1. The summed E-state index contributed by atoms with van der Waals surface area (Å²) in [6.45, 7) is 10.7. The van der Waals surface area contributed by atoms with E-state index in [0.29, 0.717) is 5.41 Å². The van der Waals surface area contributed by atoms with Gasteiger partial charge in [0.25, 0.3) is 0 Å². The van der Waals surface area contributed by atoms with Crippen molar-refractivity contribution in [2.75, 3.05) is 26.2 Å². The van der Waals surface area contributed by atoms with E-state index in [2.05, 4.69) is 24.1 Å². The summed E-state index contributed by atoms with van der Waals surface area (Å²) in [6, 6.07) is -0.172. The molecule has 0 bridgehead atoms. The minimum absolute atomic E-state index is 0.172. The Kier molecular flexibility index (Phi) is 6.09. The topological polar surface area (TPSA) is 58.4 Å². The third-order valence-corrected chi connectivity index (χ3v) is 4.44. The zero-order valence-electron chi connectivity index (χ0n) is 12.2. The van der Waals surface area contributed by atoms with Crippen LogP contribution in [0, 0.1) is 5.41 Å². The third-order valence-electron chi connectivity index (χ3n) is 4.44. The quantitative estimate of drug-likeness (QED) is 0.722. The molecular weight excluding hydrogens is 226 g/mol. The number of piperidine rings is 1. The highest BCUT2D eigenvalue weighted by Gasteiger charge is 2.28. The van der Waals surface area contributed by atoms with Gasteiger partial charge in [-0.2, -0.15) is 0 Å². The highest BCUT2D eigenvalue weighted by atomic mass is 16.1. The van der Waals surface area contributed by atoms with Crippen LogP contribution in [0.3, 0.4) is 0 Å². The van der Waals surface area contributed by atoms with Gasteiger partial charge in [-0.05, 0) is 44.3 Å². The molecule has 1 aliphatic rings. The molecule has 0 spiro atoms. The fourth-order valence-corrected chi connectivity index (χ4v) is 2.57. The fourth-order valence-electron chi connectivity index (χ4n) is 2.57. The van der Waals surface area contributed by atoms with Crippen LogP contribution in [0.15, 0.2) is 0 Å². The molecule has 1 unspecified atom stereocenters. The molecule has 1 fully saturated rings. The van der Waals surface area contributed by atoms with Gasteiger partial charge in [-0.3, -0.25) is 4.79 Å². The SMILES string of the molecule is CCNC(CCN1CCC(C)(CC)CC1)C(N)=O. The Morgan fingerprint density at radius 1 is 1.39 bits per heavy atom. The van der Waals surface area contributed by atoms with Crippen molar-refractivity contribution in [3.05, 3.63) is 0 Å². The third kappa shape index (κ3) is 4.58. The normalized spacial score (nSPS) is 21.7. The van der Waals surface area contributed by atoms with Crippen molar-refractivity contribution in [1.29, 1.82) is 0 Å². The van der Waals surface area contributed by atoms with Crippen molar-refractivity contribution < 1.29 is 4.79 Å². The second kappa shape index (κ2) is 7.10. The Balaban J connectivity index is 2.30. The van der Waals surface area contributed by atoms with Gasteiger partial charge in [0.05, 0.1) is 6.04 Å². The molecule has 0 aromatic heterocycles. The number of nitrogens with two attached hydrogens (primary N) is 1. The maximum absolute atomic E-state index is 11.3. The number of nitrogens with one attached hydrogen (secondary N) is 1. The van der Waals surface area contributed by atoms with E-state index in [9.17, 15) is 4.79 Å². The largest absolute Gasteiger partial charge is 0.368 e. The first kappa shape index (κ1) is 15.4. The van der Waals surface area contributed by atoms with E-state index in [-0.39, 0.29) is 11.9 Å². The van der Waals surface area contributed by atoms with Crippen LogP contribution in [0.25, 0.3) is 0 Å². The van der Waals surface area contributed by atoms with Crippen molar-refractivity contribution in [3.63, 3.8) is 0 Å². The molecule has 0 radical (unpaired) electrons. The Morgan fingerprint density at radius 3 is 2.44 bits per heavy atom. The second-order valence-electron chi connectivity index (χ2n) is 5.81. The predicted octanol–water partition coefficient (Wildman–Crippen LogP) is 1.35. The lowest BCUT2D eigenvalue weighted by molar-refractivity contribution is -0.120. The van der Waals surface area contributed by atoms with Crippen molar-refractivity contribution in [2.45, 2.75) is 52.5 Å². The minimum Gasteiger partial charge on any atom is -0.368 e. The number of primary amides is 1. The van der Waals surface area contributed by atoms with E-state index in [1.807, 2.05) is 6.92 Å². The van der Waals surface area contributed by atoms with Gasteiger partial charge >= 0.3 is 0 Å². The van der Waals surface area contributed by atoms with E-state index >= 15 is 0 Å². The Labute approximate surface area is 111 Å². The van der Waals surface area contributed by atoms with Crippen molar-refractivity contribution in [3.8, 4) is 0 Å². The molecule has 1 atom stereocenters. The van der Waals surface area contributed by atoms with E-state index in [0.717, 1.165) is 32.6 Å². The van der Waals surface area contributed by atoms with E-state index in [4.69, 9.17) is 5.73 Å². The Bertz CT molecular complexity index is 260. The van der Waals surface area contributed by atoms with Crippen LogP contribution in [0.1, 0.15) is 46.5 Å². The molecule has 1 saturated heterocycles. The molecule has 4 heteroatoms. The molecule has 1 rings (SSSR count). The number of amides is 1. The van der Waals surface area contributed by atoms with Gasteiger partial charge in [0.1, 0.15) is 0 Å². The fraction of sp³-hybridized carbons (Fsp3) is 0.929. The lowest BCUT2D eigenvalue weighted by atomic mass is 9.78. The molecule has 0 aliphatic carbocycles. The van der Waals surface area contributed by atoms with Gasteiger partial charge in [-0.15, -0.1) is 0 Å². The minimum atomic E-state index is -0.229. The summed E-state index contributed by atoms with van der Waals surface area (Å²) in [4.78, 5) is 13.7. The lowest BCUT2D eigenvalue weighted by Gasteiger charge is -2.39. The van der Waals surface area contributed by atoms with Gasteiger partial charge in [-0.1, -0.05) is 27.2 Å². The summed E-state index contributed by atoms with van der Waals surface area (Å²) >= 11 is 0. The summed E-state index contributed by atoms with van der Waals surface area (Å²) in [5.74, 6) is -0.229. The monoisotopic (exact) mass is 255 g/mol. The number of likely N-dealkylation sites (tertiary alicyclic amines) is 1. The number of carbonyl (C=O) groups excluding carboxylic acids is 1.